The van der Waals surface area contributed by atoms with Gasteiger partial charge in [-0.2, -0.15) is 0 Å². The fourth-order valence-electron chi connectivity index (χ4n) is 1.06. The van der Waals surface area contributed by atoms with E-state index in [0.717, 1.165) is 0 Å². The van der Waals surface area contributed by atoms with E-state index in [1.54, 1.807) is 21.0 Å². The highest BCUT2D eigenvalue weighted by atomic mass is 16.5. The third-order valence-corrected chi connectivity index (χ3v) is 2.02. The van der Waals surface area contributed by atoms with Gasteiger partial charge >= 0.3 is 0 Å². The summed E-state index contributed by atoms with van der Waals surface area (Å²) in [5.74, 6) is -0.136. The molecule has 2 unspecified atom stereocenters. The van der Waals surface area contributed by atoms with Crippen molar-refractivity contribution in [3.63, 3.8) is 0 Å². The Morgan fingerprint density at radius 1 is 1.67 bits per heavy atom. The molecule has 5 heteroatoms. The molecule has 0 spiro atoms. The highest BCUT2D eigenvalue weighted by molar-refractivity contribution is 5.76. The highest BCUT2D eigenvalue weighted by Gasteiger charge is 2.20. The Bertz CT molecular complexity index is 193. The molecule has 0 bridgehead atoms. The van der Waals surface area contributed by atoms with Crippen LogP contribution in [0.15, 0.2) is 0 Å². The maximum absolute atomic E-state index is 11.2. The molecule has 0 aliphatic carbocycles. The average Bonchev–Trinajstić information content (AvgIpc) is 2.11. The number of aliphatic hydroxyl groups is 1. The second kappa shape index (κ2) is 6.76. The van der Waals surface area contributed by atoms with Gasteiger partial charge in [-0.3, -0.25) is 4.79 Å². The normalized spacial score (nSPS) is 16.9. The summed E-state index contributed by atoms with van der Waals surface area (Å²) < 4.78 is 4.86. The number of carbonyl (C=O) groups is 1. The summed E-state index contributed by atoms with van der Waals surface area (Å²) in [5, 5.41) is 12.4. The molecule has 5 nitrogen and oxygen atoms in total. The number of amides is 1. The summed E-state index contributed by atoms with van der Waals surface area (Å²) in [6.45, 7) is 4.12. The van der Waals surface area contributed by atoms with Crippen LogP contribution in [-0.4, -0.2) is 42.9 Å². The molecule has 0 rings (SSSR count). The fourth-order valence-corrected chi connectivity index (χ4v) is 1.06. The van der Waals surface area contributed by atoms with Crippen molar-refractivity contribution in [1.29, 1.82) is 0 Å². The zero-order chi connectivity index (χ0) is 11.9. The van der Waals surface area contributed by atoms with Gasteiger partial charge in [-0.25, -0.2) is 0 Å². The zero-order valence-electron chi connectivity index (χ0n) is 9.75. The summed E-state index contributed by atoms with van der Waals surface area (Å²) in [5.41, 5.74) is 4.54. The molecule has 0 aromatic heterocycles. The lowest BCUT2D eigenvalue weighted by atomic mass is 10.0. The topological polar surface area (TPSA) is 84.6 Å². The van der Waals surface area contributed by atoms with Gasteiger partial charge in [0.15, 0.2) is 0 Å². The van der Waals surface area contributed by atoms with Crippen LogP contribution in [-0.2, 0) is 9.53 Å². The molecule has 1 amide bonds. The van der Waals surface area contributed by atoms with Gasteiger partial charge in [0.2, 0.25) is 5.91 Å². The lowest BCUT2D eigenvalue weighted by molar-refractivity contribution is -0.122. The Morgan fingerprint density at radius 3 is 2.73 bits per heavy atom. The van der Waals surface area contributed by atoms with E-state index in [1.807, 2.05) is 0 Å². The van der Waals surface area contributed by atoms with Crippen LogP contribution in [0.25, 0.3) is 0 Å². The van der Waals surface area contributed by atoms with Crippen molar-refractivity contribution in [2.45, 2.75) is 38.3 Å². The van der Waals surface area contributed by atoms with Gasteiger partial charge in [-0.1, -0.05) is 0 Å². The number of nitrogens with two attached hydrogens (primary N) is 1. The van der Waals surface area contributed by atoms with Crippen molar-refractivity contribution < 1.29 is 14.6 Å². The lowest BCUT2D eigenvalue weighted by Gasteiger charge is -2.23. The van der Waals surface area contributed by atoms with Crippen molar-refractivity contribution in [2.24, 2.45) is 5.73 Å². The summed E-state index contributed by atoms with van der Waals surface area (Å²) in [6, 6.07) is -0.158. The maximum Gasteiger partial charge on any atom is 0.221 e. The number of nitrogens with one attached hydrogen (secondary N) is 1. The molecule has 0 heterocycles. The molecule has 4 N–H and O–H groups in total. The summed E-state index contributed by atoms with van der Waals surface area (Å²) in [7, 11) is 1.57. The molecule has 90 valence electrons. The van der Waals surface area contributed by atoms with Gasteiger partial charge in [0.25, 0.3) is 0 Å². The number of carbonyl (C=O) groups excluding carboxylic acids is 1. The smallest absolute Gasteiger partial charge is 0.221 e. The molecular formula is C10H22N2O3. The Kier molecular flexibility index (Phi) is 6.47. The minimum Gasteiger partial charge on any atom is -0.388 e. The van der Waals surface area contributed by atoms with Crippen molar-refractivity contribution in [3.05, 3.63) is 0 Å². The van der Waals surface area contributed by atoms with Crippen LogP contribution in [0, 0.1) is 0 Å². The van der Waals surface area contributed by atoms with Crippen LogP contribution in [0.1, 0.15) is 26.7 Å². The first-order valence-corrected chi connectivity index (χ1v) is 5.11. The van der Waals surface area contributed by atoms with E-state index < -0.39 is 5.60 Å². The van der Waals surface area contributed by atoms with E-state index >= 15 is 0 Å². The molecule has 0 aromatic rings. The third-order valence-electron chi connectivity index (χ3n) is 2.02. The Hall–Kier alpha value is -0.650. The van der Waals surface area contributed by atoms with E-state index in [1.165, 1.54) is 0 Å². The van der Waals surface area contributed by atoms with Crippen LogP contribution >= 0.6 is 0 Å². The predicted octanol–water partition coefficient (Wildman–Crippen LogP) is -0.373. The van der Waals surface area contributed by atoms with Gasteiger partial charge in [0.05, 0.1) is 5.60 Å². The second-order valence-corrected chi connectivity index (χ2v) is 4.20. The maximum atomic E-state index is 11.2. The first-order chi connectivity index (χ1) is 6.87. The molecule has 0 saturated carbocycles. The van der Waals surface area contributed by atoms with Crippen molar-refractivity contribution in [2.75, 3.05) is 20.3 Å². The highest BCUT2D eigenvalue weighted by Crippen LogP contribution is 2.07. The van der Waals surface area contributed by atoms with E-state index in [0.29, 0.717) is 13.0 Å². The van der Waals surface area contributed by atoms with Crippen molar-refractivity contribution in [1.82, 2.24) is 5.32 Å². The van der Waals surface area contributed by atoms with E-state index in [-0.39, 0.29) is 24.9 Å². The standard InChI is InChI=1S/C10H22N2O3/c1-8(11)6-9(13)12-7-10(2,14)4-5-15-3/h8,14H,4-7,11H2,1-3H3,(H,12,13). The van der Waals surface area contributed by atoms with Crippen LogP contribution in [0.2, 0.25) is 0 Å². The molecule has 2 atom stereocenters. The van der Waals surface area contributed by atoms with Gasteiger partial charge in [0, 0.05) is 39.1 Å². The van der Waals surface area contributed by atoms with E-state index in [4.69, 9.17) is 10.5 Å². The van der Waals surface area contributed by atoms with Crippen LogP contribution in [0.4, 0.5) is 0 Å². The third kappa shape index (κ3) is 8.35. The van der Waals surface area contributed by atoms with Gasteiger partial charge < -0.3 is 20.9 Å². The fraction of sp³-hybridized carbons (Fsp3) is 0.900. The predicted molar refractivity (Wildman–Crippen MR) is 58.4 cm³/mol. The van der Waals surface area contributed by atoms with Crippen molar-refractivity contribution >= 4 is 5.91 Å². The molecule has 0 aliphatic rings. The Balaban J connectivity index is 3.77. The molecule has 0 fully saturated rings. The first-order valence-electron chi connectivity index (χ1n) is 5.11. The zero-order valence-corrected chi connectivity index (χ0v) is 9.75. The van der Waals surface area contributed by atoms with Crippen molar-refractivity contribution in [3.8, 4) is 0 Å². The quantitative estimate of drug-likeness (QED) is 0.544. The molecule has 0 saturated heterocycles. The largest absolute Gasteiger partial charge is 0.388 e. The van der Waals surface area contributed by atoms with Crippen LogP contribution in [0.5, 0.6) is 0 Å². The number of ether oxygens (including phenoxy) is 1. The summed E-state index contributed by atoms with van der Waals surface area (Å²) in [4.78, 5) is 11.2. The minimum absolute atomic E-state index is 0.136. The van der Waals surface area contributed by atoms with E-state index in [2.05, 4.69) is 5.32 Å². The molecule has 15 heavy (non-hydrogen) atoms. The molecule has 0 aliphatic heterocycles. The van der Waals surface area contributed by atoms with Gasteiger partial charge in [-0.15, -0.1) is 0 Å². The number of rotatable bonds is 7. The second-order valence-electron chi connectivity index (χ2n) is 4.20. The molecular weight excluding hydrogens is 196 g/mol. The number of methoxy groups -OCH3 is 1. The molecule has 0 aromatic carbocycles. The van der Waals surface area contributed by atoms with E-state index in [9.17, 15) is 9.90 Å². The van der Waals surface area contributed by atoms with Gasteiger partial charge in [-0.05, 0) is 13.8 Å². The monoisotopic (exact) mass is 218 g/mol. The Labute approximate surface area is 91.0 Å². The van der Waals surface area contributed by atoms with Crippen LogP contribution in [0.3, 0.4) is 0 Å². The van der Waals surface area contributed by atoms with Crippen LogP contribution < -0.4 is 11.1 Å². The Morgan fingerprint density at radius 2 is 2.27 bits per heavy atom. The number of hydrogen-bond acceptors (Lipinski definition) is 4. The molecule has 0 radical (unpaired) electrons. The lowest BCUT2D eigenvalue weighted by Crippen LogP contribution is -2.42. The minimum atomic E-state index is -0.927. The summed E-state index contributed by atoms with van der Waals surface area (Å²) in [6.07, 6.45) is 0.766. The first kappa shape index (κ1) is 14.3. The number of hydrogen-bond donors (Lipinski definition) is 3. The SMILES string of the molecule is COCCC(C)(O)CNC(=O)CC(C)N. The average molecular weight is 218 g/mol. The summed E-state index contributed by atoms with van der Waals surface area (Å²) >= 11 is 0. The van der Waals surface area contributed by atoms with Gasteiger partial charge in [0.1, 0.15) is 0 Å².